The first kappa shape index (κ1) is 69.0. The zero-order valence-corrected chi connectivity index (χ0v) is 50.6. The minimum atomic E-state index is -1.28. The molecule has 2 saturated heterocycles. The monoisotopic (exact) mass is 1250 g/mol. The van der Waals surface area contributed by atoms with Crippen molar-refractivity contribution < 1.29 is 97.1 Å². The molecule has 2 saturated carbocycles. The van der Waals surface area contributed by atoms with Gasteiger partial charge in [-0.05, 0) is 79.9 Å². The number of hydrogen-bond acceptors (Lipinski definition) is 10. The third-order valence-corrected chi connectivity index (χ3v) is 15.1. The molecule has 7 unspecified atom stereocenters. The molecule has 2 aromatic rings. The number of benzene rings is 2. The second kappa shape index (κ2) is 37.7. The quantitative estimate of drug-likeness (QED) is 0.0497. The van der Waals surface area contributed by atoms with E-state index in [0.29, 0.717) is 44.0 Å². The van der Waals surface area contributed by atoms with E-state index >= 15 is 0 Å². The van der Waals surface area contributed by atoms with Crippen molar-refractivity contribution >= 4 is 23.8 Å². The van der Waals surface area contributed by atoms with Crippen LogP contribution >= 0.6 is 0 Å². The number of esters is 1. The van der Waals surface area contributed by atoms with Crippen LogP contribution in [0.25, 0.3) is 0 Å². The number of carbonyl (C=O) groups excluding carboxylic acids is 3. The van der Waals surface area contributed by atoms with Crippen molar-refractivity contribution in [3.63, 3.8) is 0 Å². The number of hydrogen-bond donors (Lipinski definition) is 3. The first-order valence-corrected chi connectivity index (χ1v) is 27.3. The Morgan fingerprint density at radius 3 is 1.88 bits per heavy atom. The fourth-order valence-electron chi connectivity index (χ4n) is 10.4. The van der Waals surface area contributed by atoms with Gasteiger partial charge in [0.2, 0.25) is 5.91 Å². The molecule has 7 rings (SSSR count). The Labute approximate surface area is 482 Å². The summed E-state index contributed by atoms with van der Waals surface area (Å²) >= 11 is 0. The summed E-state index contributed by atoms with van der Waals surface area (Å²) in [5, 5.41) is 19.1. The number of fused-ring (bicyclic) bond motifs is 5. The topological polar surface area (TPSA) is 181 Å². The van der Waals surface area contributed by atoms with Crippen molar-refractivity contribution in [2.75, 3.05) is 26.6 Å². The van der Waals surface area contributed by atoms with E-state index in [4.69, 9.17) is 29.8 Å². The molecule has 4 N–H and O–H groups in total. The summed E-state index contributed by atoms with van der Waals surface area (Å²) in [5.74, 6) is 0.0559. The molecule has 4 fully saturated rings. The van der Waals surface area contributed by atoms with E-state index in [1.54, 1.807) is 30.7 Å². The van der Waals surface area contributed by atoms with Gasteiger partial charge in [-0.2, -0.15) is 17.6 Å². The maximum atomic E-state index is 13.7. The third-order valence-electron chi connectivity index (χ3n) is 15.1. The Balaban J connectivity index is 0.000000570. The molecule has 1 amide bonds. The average Bonchev–Trinajstić information content (AvgIpc) is 3.90. The molecular formula is C61H96AcNO11-. The smallest absolute Gasteiger partial charge is 0.476 e. The molecule has 0 aromatic heterocycles. The zero-order valence-electron chi connectivity index (χ0n) is 45.8. The Bertz CT molecular complexity index is 1930. The standard InChI is InChI=1S/C29H37O5.C17H34.C7H7NO.C5H8O5.C2H6.CH4.Ac/c1-17-21-14-25(30)29(4)22(20-16-33-24(20)15-26(29)31)12-19(28(21,2)3)13-23(17)34-27(32)11-10-18-8-6-5-7-9-18;1-3-5-7-9-11-13-15-17-16-14-12-10-8-6-4-2;8-7(9)6-4-2-1-3-5-6;6-5(7)9-2-4-1-8-3-10-4;1-2;;/h5-9,14,19-20,22-24,26,31H,10-13,15-16H2,1-4H3;15,17H,3-14,16H2,1-2H3;1-5H,(H2,8,9);4H,1-3H2,(H,6,7);1-2H3;1H4;/q-1;;;;;;/b;17-15-;;;;;/t19?,20?,22?,23-,24?,26?,29?;;;;;;/m0....../s1. The molecule has 3 aliphatic carbocycles. The average molecular weight is 1250 g/mol. The number of amides is 1. The molecule has 2 aliphatic heterocycles. The van der Waals surface area contributed by atoms with Crippen molar-refractivity contribution in [2.24, 2.45) is 34.3 Å². The Kier molecular flexibility index (Phi) is 35.1. The van der Waals surface area contributed by atoms with Gasteiger partial charge in [-0.15, -0.1) is 6.92 Å². The van der Waals surface area contributed by atoms with Crippen LogP contribution in [-0.4, -0.2) is 85.1 Å². The van der Waals surface area contributed by atoms with Crippen molar-refractivity contribution in [1.82, 2.24) is 0 Å². The van der Waals surface area contributed by atoms with Gasteiger partial charge in [0.15, 0.2) is 0 Å². The summed E-state index contributed by atoms with van der Waals surface area (Å²) in [6.07, 6.45) is 25.4. The molecule has 1 radical (unpaired) electrons. The number of nitrogens with two attached hydrogens (primary N) is 1. The van der Waals surface area contributed by atoms with Crippen LogP contribution in [0.5, 0.6) is 0 Å². The largest absolute Gasteiger partial charge is 0.505 e. The number of ether oxygens (including phenoxy) is 5. The molecule has 415 valence electrons. The second-order valence-corrected chi connectivity index (χ2v) is 20.5. The van der Waals surface area contributed by atoms with Gasteiger partial charge in [-0.25, -0.2) is 4.79 Å². The third kappa shape index (κ3) is 22.5. The molecule has 2 aromatic carbocycles. The minimum absolute atomic E-state index is 0. The number of carbonyl (C=O) groups is 4. The maximum absolute atomic E-state index is 13.7. The number of Topliss-reactive ketones (excluding diaryl/α,β-unsaturated/α-hetero) is 1. The number of primary amides is 1. The summed E-state index contributed by atoms with van der Waals surface area (Å²) < 4.78 is 25.7. The van der Waals surface area contributed by atoms with Crippen molar-refractivity contribution in [3.05, 3.63) is 102 Å². The number of aliphatic hydroxyl groups excluding tert-OH is 1. The number of unbranched alkanes of at least 4 members (excludes halogenated alkanes) is 11. The molecule has 12 nitrogen and oxygen atoms in total. The number of allylic oxidation sites excluding steroid dienone is 3. The summed E-state index contributed by atoms with van der Waals surface area (Å²) in [6, 6.07) is 18.7. The van der Waals surface area contributed by atoms with Crippen LogP contribution in [0.3, 0.4) is 0 Å². The molecular weight excluding hydrogens is 1150 g/mol. The van der Waals surface area contributed by atoms with E-state index in [1.807, 2.05) is 64.1 Å². The molecule has 74 heavy (non-hydrogen) atoms. The molecule has 8 atom stereocenters. The van der Waals surface area contributed by atoms with Gasteiger partial charge in [0.25, 0.3) is 0 Å². The van der Waals surface area contributed by atoms with Crippen LogP contribution in [0.4, 0.5) is 4.79 Å². The fourth-order valence-corrected chi connectivity index (χ4v) is 10.4. The second-order valence-electron chi connectivity index (χ2n) is 20.5. The van der Waals surface area contributed by atoms with Crippen LogP contribution in [0.15, 0.2) is 84.0 Å². The van der Waals surface area contributed by atoms with E-state index in [9.17, 15) is 24.3 Å². The van der Waals surface area contributed by atoms with E-state index in [1.165, 1.54) is 83.5 Å². The number of ketones is 1. The fraction of sp³-hybridized carbons (Fsp3) is 0.656. The number of aliphatic hydroxyl groups is 1. The minimum Gasteiger partial charge on any atom is -0.476 e. The van der Waals surface area contributed by atoms with Crippen LogP contribution in [-0.2, 0) is 39.7 Å². The predicted molar refractivity (Wildman–Crippen MR) is 292 cm³/mol. The van der Waals surface area contributed by atoms with Crippen molar-refractivity contribution in [1.29, 1.82) is 0 Å². The van der Waals surface area contributed by atoms with Crippen LogP contribution in [0.1, 0.15) is 188 Å². The summed E-state index contributed by atoms with van der Waals surface area (Å²) in [6.45, 7) is 18.3. The Morgan fingerprint density at radius 1 is 0.811 bits per heavy atom. The van der Waals surface area contributed by atoms with E-state index in [-0.39, 0.29) is 118 Å². The van der Waals surface area contributed by atoms with E-state index < -0.39 is 17.7 Å². The van der Waals surface area contributed by atoms with Gasteiger partial charge >= 0.3 is 12.1 Å². The molecule has 2 bridgehead atoms. The van der Waals surface area contributed by atoms with Crippen LogP contribution in [0.2, 0.25) is 0 Å². The molecule has 2 heterocycles. The maximum Gasteiger partial charge on any atom is 0.505 e. The zero-order chi connectivity index (χ0) is 52.9. The normalized spacial score (nSPS) is 24.8. The summed E-state index contributed by atoms with van der Waals surface area (Å²) in [4.78, 5) is 46.8. The number of carboxylic acid groups (broad SMARTS) is 1. The first-order valence-electron chi connectivity index (χ1n) is 27.3. The summed E-state index contributed by atoms with van der Waals surface area (Å²) in [5.41, 5.74) is 7.62. The van der Waals surface area contributed by atoms with Crippen LogP contribution in [0, 0.1) is 79.1 Å². The SMILES string of the molecule is C.CC.CC1=C2[CH-]C(=O)C3(C)C(O)CC4OCC4C3CC(C[C@@H]1OC(=O)CCc1ccccc1)C2(C)C.CCCCCCC/C=C\CCCCCCCC.NC(=O)c1ccccc1.O=C(O)OCC1COCO1.[Ac]. The predicted octanol–water partition coefficient (Wildman–Crippen LogP) is 13.6. The Morgan fingerprint density at radius 2 is 1.38 bits per heavy atom. The number of aryl methyl sites for hydroxylation is 1. The van der Waals surface area contributed by atoms with Gasteiger partial charge < -0.3 is 44.4 Å². The van der Waals surface area contributed by atoms with E-state index in [0.717, 1.165) is 29.6 Å². The van der Waals surface area contributed by atoms with E-state index in [2.05, 4.69) is 44.6 Å². The number of rotatable bonds is 20. The van der Waals surface area contributed by atoms with Gasteiger partial charge in [0, 0.05) is 73.8 Å². The van der Waals surface area contributed by atoms with Gasteiger partial charge in [0.1, 0.15) is 19.5 Å². The molecule has 5 aliphatic rings. The van der Waals surface area contributed by atoms with Crippen LogP contribution < -0.4 is 5.73 Å². The van der Waals surface area contributed by atoms with Crippen molar-refractivity contribution in [2.45, 2.75) is 203 Å². The van der Waals surface area contributed by atoms with Crippen molar-refractivity contribution in [3.8, 4) is 0 Å². The van der Waals surface area contributed by atoms with Gasteiger partial charge in [-0.3, -0.25) is 9.59 Å². The molecule has 0 spiro atoms. The first-order chi connectivity index (χ1) is 34.6. The Hall–Kier alpha value is -3.05. The summed E-state index contributed by atoms with van der Waals surface area (Å²) in [7, 11) is 0. The molecule has 13 heteroatoms. The van der Waals surface area contributed by atoms with Gasteiger partial charge in [-0.1, -0.05) is 174 Å². The van der Waals surface area contributed by atoms with Gasteiger partial charge in [0.05, 0.1) is 37.3 Å².